The van der Waals surface area contributed by atoms with Gasteiger partial charge in [0.05, 0.1) is 21.9 Å². The molecule has 4 heteroatoms. The van der Waals surface area contributed by atoms with Gasteiger partial charge >= 0.3 is 0 Å². The second-order valence-corrected chi connectivity index (χ2v) is 10.1. The summed E-state index contributed by atoms with van der Waals surface area (Å²) in [7, 11) is 0. The van der Waals surface area contributed by atoms with Crippen LogP contribution in [0.25, 0.3) is 81.9 Å². The number of nitrogens with zero attached hydrogens (tertiary/aromatic N) is 1. The molecule has 9 rings (SSSR count). The predicted molar refractivity (Wildman–Crippen MR) is 155 cm³/mol. The molecule has 0 aliphatic heterocycles. The van der Waals surface area contributed by atoms with Crippen molar-refractivity contribution in [2.24, 2.45) is 0 Å². The number of benzene rings is 6. The van der Waals surface area contributed by atoms with Crippen molar-refractivity contribution in [3.05, 3.63) is 103 Å². The van der Waals surface area contributed by atoms with Crippen LogP contribution in [0.15, 0.2) is 108 Å². The maximum atomic E-state index is 11.0. The molecule has 0 aliphatic carbocycles. The third kappa shape index (κ3) is 2.44. The lowest BCUT2D eigenvalue weighted by molar-refractivity contribution is 0.475. The van der Waals surface area contributed by atoms with Gasteiger partial charge in [0.25, 0.3) is 0 Å². The van der Waals surface area contributed by atoms with Crippen LogP contribution in [0.2, 0.25) is 0 Å². The minimum Gasteiger partial charge on any atom is -0.508 e. The summed E-state index contributed by atoms with van der Waals surface area (Å²) >= 11 is 0. The van der Waals surface area contributed by atoms with Gasteiger partial charge in [0, 0.05) is 33.0 Å². The Morgan fingerprint density at radius 3 is 2.21 bits per heavy atom. The zero-order valence-electron chi connectivity index (χ0n) is 20.1. The number of aromatic nitrogens is 1. The van der Waals surface area contributed by atoms with E-state index in [1.54, 1.807) is 12.1 Å². The molecular formula is C34H19NO3. The summed E-state index contributed by atoms with van der Waals surface area (Å²) in [5, 5.41) is 29.4. The Bertz CT molecular complexity index is 2410. The Balaban J connectivity index is 1.41. The Morgan fingerprint density at radius 2 is 1.32 bits per heavy atom. The van der Waals surface area contributed by atoms with Gasteiger partial charge in [-0.1, -0.05) is 36.4 Å². The van der Waals surface area contributed by atoms with Gasteiger partial charge in [-0.3, -0.25) is 0 Å². The lowest BCUT2D eigenvalue weighted by atomic mass is 10.0. The van der Waals surface area contributed by atoms with E-state index in [4.69, 9.17) is 4.42 Å². The lowest BCUT2D eigenvalue weighted by Crippen LogP contribution is -1.83. The van der Waals surface area contributed by atoms with E-state index in [-0.39, 0.29) is 5.75 Å². The fourth-order valence-electron chi connectivity index (χ4n) is 6.36. The molecule has 0 aliphatic rings. The van der Waals surface area contributed by atoms with E-state index in [1.807, 2.05) is 36.4 Å². The highest BCUT2D eigenvalue weighted by Crippen LogP contribution is 2.45. The van der Waals surface area contributed by atoms with Gasteiger partial charge in [0.15, 0.2) is 0 Å². The molecule has 2 N–H and O–H groups in total. The largest absolute Gasteiger partial charge is 0.508 e. The maximum Gasteiger partial charge on any atom is 0.139 e. The zero-order chi connectivity index (χ0) is 25.1. The summed E-state index contributed by atoms with van der Waals surface area (Å²) in [4.78, 5) is 0. The molecule has 38 heavy (non-hydrogen) atoms. The summed E-state index contributed by atoms with van der Waals surface area (Å²) in [6.07, 6.45) is 0. The number of phenols is 2. The molecule has 0 amide bonds. The van der Waals surface area contributed by atoms with Crippen molar-refractivity contribution in [2.45, 2.75) is 0 Å². The number of phenolic OH excluding ortho intramolecular Hbond substituents is 2. The van der Waals surface area contributed by atoms with E-state index in [0.29, 0.717) is 11.3 Å². The van der Waals surface area contributed by atoms with Crippen LogP contribution >= 0.6 is 0 Å². The first-order valence-corrected chi connectivity index (χ1v) is 12.6. The third-order valence-corrected chi connectivity index (χ3v) is 8.05. The number of rotatable bonds is 1. The minimum absolute atomic E-state index is 0.193. The number of furan rings is 1. The van der Waals surface area contributed by atoms with E-state index in [2.05, 4.69) is 59.0 Å². The van der Waals surface area contributed by atoms with Crippen molar-refractivity contribution in [3.63, 3.8) is 0 Å². The minimum atomic E-state index is 0.193. The third-order valence-electron chi connectivity index (χ3n) is 8.05. The van der Waals surface area contributed by atoms with Crippen LogP contribution in [0.5, 0.6) is 11.5 Å². The first-order valence-electron chi connectivity index (χ1n) is 12.6. The lowest BCUT2D eigenvalue weighted by Gasteiger charge is -2.05. The van der Waals surface area contributed by atoms with Crippen molar-refractivity contribution in [3.8, 4) is 22.6 Å². The molecule has 9 aromatic rings. The van der Waals surface area contributed by atoms with E-state index in [9.17, 15) is 10.2 Å². The molecule has 0 bridgehead atoms. The molecule has 0 saturated carbocycles. The first-order chi connectivity index (χ1) is 18.6. The average molecular weight is 490 g/mol. The van der Waals surface area contributed by atoms with Gasteiger partial charge in [-0.2, -0.15) is 0 Å². The van der Waals surface area contributed by atoms with E-state index < -0.39 is 0 Å². The van der Waals surface area contributed by atoms with Crippen LogP contribution in [0, 0.1) is 0 Å². The van der Waals surface area contributed by atoms with Crippen molar-refractivity contribution in [1.82, 2.24) is 4.40 Å². The van der Waals surface area contributed by atoms with Crippen molar-refractivity contribution in [1.29, 1.82) is 0 Å². The Labute approximate surface area is 215 Å². The molecule has 4 nitrogen and oxygen atoms in total. The fourth-order valence-corrected chi connectivity index (χ4v) is 6.36. The van der Waals surface area contributed by atoms with Gasteiger partial charge in [-0.05, 0) is 82.6 Å². The smallest absolute Gasteiger partial charge is 0.139 e. The molecule has 0 saturated heterocycles. The second-order valence-electron chi connectivity index (χ2n) is 10.1. The van der Waals surface area contributed by atoms with Crippen molar-refractivity contribution >= 4 is 70.8 Å². The van der Waals surface area contributed by atoms with Crippen molar-refractivity contribution < 1.29 is 14.6 Å². The normalized spacial score (nSPS) is 12.4. The van der Waals surface area contributed by atoms with E-state index in [1.165, 1.54) is 0 Å². The predicted octanol–water partition coefficient (Wildman–Crippen LogP) is 8.97. The summed E-state index contributed by atoms with van der Waals surface area (Å²) in [5.74, 6) is 0.487. The van der Waals surface area contributed by atoms with E-state index in [0.717, 1.165) is 76.3 Å². The Hall–Kier alpha value is -5.22. The molecule has 3 aromatic heterocycles. The highest BCUT2D eigenvalue weighted by molar-refractivity contribution is 6.27. The molecule has 0 spiro atoms. The van der Waals surface area contributed by atoms with Crippen LogP contribution in [0.3, 0.4) is 0 Å². The maximum absolute atomic E-state index is 11.0. The second kappa shape index (κ2) is 6.75. The molecule has 3 heterocycles. The molecule has 0 atom stereocenters. The van der Waals surface area contributed by atoms with E-state index >= 15 is 0 Å². The first kappa shape index (κ1) is 19.9. The molecule has 178 valence electrons. The summed E-state index contributed by atoms with van der Waals surface area (Å²) < 4.78 is 8.39. The molecule has 6 aromatic carbocycles. The number of hydrogen-bond acceptors (Lipinski definition) is 3. The zero-order valence-corrected chi connectivity index (χ0v) is 20.1. The van der Waals surface area contributed by atoms with Gasteiger partial charge in [0.1, 0.15) is 22.7 Å². The van der Waals surface area contributed by atoms with Crippen LogP contribution in [-0.4, -0.2) is 14.6 Å². The SMILES string of the molecule is Oc1ccc2c(c1)oc1cc3cc4c(cc3cc12)c1ccc(O)c2c3cc(-c5ccccc5)ccc3n4c12. The fraction of sp³-hybridized carbons (Fsp3) is 0. The number of fused-ring (bicyclic) bond motifs is 10. The molecular weight excluding hydrogens is 470 g/mol. The van der Waals surface area contributed by atoms with Crippen LogP contribution in [0.4, 0.5) is 0 Å². The Morgan fingerprint density at radius 1 is 0.526 bits per heavy atom. The summed E-state index contributed by atoms with van der Waals surface area (Å²) in [6, 6.07) is 34.7. The average Bonchev–Trinajstić information content (AvgIpc) is 3.57. The van der Waals surface area contributed by atoms with Gasteiger partial charge < -0.3 is 19.0 Å². The van der Waals surface area contributed by atoms with Crippen LogP contribution in [-0.2, 0) is 0 Å². The quantitative estimate of drug-likeness (QED) is 0.242. The number of aromatic hydroxyl groups is 2. The highest BCUT2D eigenvalue weighted by Gasteiger charge is 2.21. The van der Waals surface area contributed by atoms with Crippen LogP contribution < -0.4 is 0 Å². The van der Waals surface area contributed by atoms with Crippen molar-refractivity contribution in [2.75, 3.05) is 0 Å². The summed E-state index contributed by atoms with van der Waals surface area (Å²) in [6.45, 7) is 0. The molecule has 0 fully saturated rings. The van der Waals surface area contributed by atoms with Gasteiger partial charge in [-0.15, -0.1) is 0 Å². The Kier molecular flexibility index (Phi) is 3.54. The summed E-state index contributed by atoms with van der Waals surface area (Å²) in [5.41, 5.74) is 6.95. The topological polar surface area (TPSA) is 58.0 Å². The van der Waals surface area contributed by atoms with Crippen LogP contribution in [0.1, 0.15) is 0 Å². The van der Waals surface area contributed by atoms with Gasteiger partial charge in [0.2, 0.25) is 0 Å². The molecule has 0 unspecified atom stereocenters. The highest BCUT2D eigenvalue weighted by atomic mass is 16.3. The molecule has 0 radical (unpaired) electrons. The monoisotopic (exact) mass is 489 g/mol. The van der Waals surface area contributed by atoms with Gasteiger partial charge in [-0.25, -0.2) is 0 Å². The standard InChI is InChI=1S/C34H19NO3/c36-22-7-8-23-26-14-20-13-25-24-9-11-30(37)33-27-12-19(18-4-2-1-3-5-18)6-10-28(27)35(34(24)33)29(25)15-21(20)16-31(26)38-32(23)17-22/h1-17,36-37H. The number of hydrogen-bond donors (Lipinski definition) is 2.